The van der Waals surface area contributed by atoms with E-state index in [0.29, 0.717) is 4.99 Å². The number of para-hydroxylation sites is 1. The number of halogens is 1. The van der Waals surface area contributed by atoms with Gasteiger partial charge in [0.05, 0.1) is 3.79 Å². The number of nitrogens with two attached hydrogens (primary N) is 1. The van der Waals surface area contributed by atoms with Gasteiger partial charge in [0.1, 0.15) is 4.99 Å². The molecule has 0 amide bonds. The third kappa shape index (κ3) is 3.10. The lowest BCUT2D eigenvalue weighted by molar-refractivity contribution is 0.926. The maximum atomic E-state index is 5.75. The maximum absolute atomic E-state index is 5.75. The Hall–Kier alpha value is -0.910. The minimum atomic E-state index is 0.434. The van der Waals surface area contributed by atoms with Crippen LogP contribution in [0, 0.1) is 0 Å². The predicted octanol–water partition coefficient (Wildman–Crippen LogP) is 3.78. The van der Waals surface area contributed by atoms with E-state index in [1.165, 1.54) is 5.56 Å². The largest absolute Gasteiger partial charge is 0.389 e. The highest BCUT2D eigenvalue weighted by molar-refractivity contribution is 9.11. The van der Waals surface area contributed by atoms with Crippen molar-refractivity contribution >= 4 is 50.2 Å². The molecule has 1 aromatic carbocycles. The van der Waals surface area contributed by atoms with E-state index in [4.69, 9.17) is 18.0 Å². The Balaban J connectivity index is 2.23. The fourth-order valence-corrected chi connectivity index (χ4v) is 3.18. The molecule has 2 N–H and O–H groups in total. The van der Waals surface area contributed by atoms with Crippen molar-refractivity contribution in [2.45, 2.75) is 6.54 Å². The van der Waals surface area contributed by atoms with E-state index in [1.54, 1.807) is 11.3 Å². The zero-order valence-corrected chi connectivity index (χ0v) is 13.1. The van der Waals surface area contributed by atoms with Crippen LogP contribution in [0.15, 0.2) is 39.5 Å². The number of hydrogen-bond acceptors (Lipinski definition) is 3. The lowest BCUT2D eigenvalue weighted by atomic mass is 10.1. The lowest BCUT2D eigenvalue weighted by Crippen LogP contribution is -2.21. The van der Waals surface area contributed by atoms with Crippen LogP contribution in [-0.4, -0.2) is 12.0 Å². The second-order valence-corrected chi connectivity index (χ2v) is 6.73. The normalized spacial score (nSPS) is 10.3. The number of benzene rings is 1. The van der Waals surface area contributed by atoms with Crippen molar-refractivity contribution in [3.05, 3.63) is 50.6 Å². The Kier molecular flexibility index (Phi) is 4.37. The molecule has 18 heavy (non-hydrogen) atoms. The van der Waals surface area contributed by atoms with Gasteiger partial charge in [-0.2, -0.15) is 0 Å². The lowest BCUT2D eigenvalue weighted by Gasteiger charge is -2.21. The summed E-state index contributed by atoms with van der Waals surface area (Å²) in [6.45, 7) is 0.835. The summed E-state index contributed by atoms with van der Waals surface area (Å²) in [7, 11) is 2.04. The second kappa shape index (κ2) is 5.82. The van der Waals surface area contributed by atoms with Crippen molar-refractivity contribution in [1.29, 1.82) is 0 Å². The summed E-state index contributed by atoms with van der Waals surface area (Å²) in [4.78, 5) is 2.59. The predicted molar refractivity (Wildman–Crippen MR) is 86.5 cm³/mol. The van der Waals surface area contributed by atoms with Crippen molar-refractivity contribution in [2.24, 2.45) is 5.73 Å². The summed E-state index contributed by atoms with van der Waals surface area (Å²) in [5, 5.41) is 2.14. The fraction of sp³-hybridized carbons (Fsp3) is 0.154. The van der Waals surface area contributed by atoms with E-state index < -0.39 is 0 Å². The Morgan fingerprint density at radius 2 is 2.17 bits per heavy atom. The molecule has 0 bridgehead atoms. The summed E-state index contributed by atoms with van der Waals surface area (Å²) < 4.78 is 1.15. The van der Waals surface area contributed by atoms with Crippen LogP contribution in [0.25, 0.3) is 0 Å². The van der Waals surface area contributed by atoms with Crippen molar-refractivity contribution in [3.8, 4) is 0 Å². The number of thiophene rings is 1. The first-order chi connectivity index (χ1) is 8.58. The molecule has 0 saturated heterocycles. The smallest absolute Gasteiger partial charge is 0.106 e. The topological polar surface area (TPSA) is 29.3 Å². The van der Waals surface area contributed by atoms with E-state index in [2.05, 4.69) is 32.3 Å². The molecule has 0 aliphatic rings. The van der Waals surface area contributed by atoms with Gasteiger partial charge in [0.25, 0.3) is 0 Å². The molecule has 1 aromatic heterocycles. The Morgan fingerprint density at radius 1 is 1.44 bits per heavy atom. The first-order valence-corrected chi connectivity index (χ1v) is 7.49. The molecule has 0 saturated carbocycles. The molecule has 1 heterocycles. The first kappa shape index (κ1) is 13.5. The summed E-state index contributed by atoms with van der Waals surface area (Å²) >= 11 is 10.3. The molecule has 0 atom stereocenters. The molecule has 2 aromatic rings. The fourth-order valence-electron chi connectivity index (χ4n) is 1.80. The van der Waals surface area contributed by atoms with Crippen LogP contribution >= 0.6 is 39.5 Å². The van der Waals surface area contributed by atoms with Gasteiger partial charge in [0, 0.05) is 24.8 Å². The molecule has 0 aliphatic carbocycles. The molecule has 2 nitrogen and oxygen atoms in total. The highest BCUT2D eigenvalue weighted by atomic mass is 79.9. The summed E-state index contributed by atoms with van der Waals surface area (Å²) in [6, 6.07) is 10.1. The highest BCUT2D eigenvalue weighted by Crippen LogP contribution is 2.25. The van der Waals surface area contributed by atoms with Crippen LogP contribution in [0.1, 0.15) is 11.1 Å². The van der Waals surface area contributed by atoms with Crippen molar-refractivity contribution in [2.75, 3.05) is 11.9 Å². The Morgan fingerprint density at radius 3 is 2.78 bits per heavy atom. The molecule has 0 radical (unpaired) electrons. The van der Waals surface area contributed by atoms with Gasteiger partial charge in [-0.1, -0.05) is 24.4 Å². The maximum Gasteiger partial charge on any atom is 0.106 e. The van der Waals surface area contributed by atoms with Crippen LogP contribution in [0.3, 0.4) is 0 Å². The zero-order valence-electron chi connectivity index (χ0n) is 9.89. The zero-order chi connectivity index (χ0) is 13.1. The number of hydrogen-bond donors (Lipinski definition) is 1. The van der Waals surface area contributed by atoms with Gasteiger partial charge in [0.15, 0.2) is 0 Å². The quantitative estimate of drug-likeness (QED) is 0.858. The monoisotopic (exact) mass is 340 g/mol. The average Bonchev–Trinajstić information content (AvgIpc) is 2.74. The average molecular weight is 341 g/mol. The van der Waals surface area contributed by atoms with Gasteiger partial charge >= 0.3 is 0 Å². The molecule has 0 fully saturated rings. The van der Waals surface area contributed by atoms with Crippen LogP contribution in [0.2, 0.25) is 0 Å². The first-order valence-electron chi connectivity index (χ1n) is 5.41. The molecule has 0 aliphatic heterocycles. The van der Waals surface area contributed by atoms with Gasteiger partial charge in [-0.3, -0.25) is 0 Å². The number of nitrogens with zero attached hydrogens (tertiary/aromatic N) is 1. The summed E-state index contributed by atoms with van der Waals surface area (Å²) in [5.41, 5.74) is 9.00. The third-order valence-corrected chi connectivity index (χ3v) is 4.40. The van der Waals surface area contributed by atoms with Crippen molar-refractivity contribution in [1.82, 2.24) is 0 Å². The summed E-state index contributed by atoms with van der Waals surface area (Å²) in [5.74, 6) is 0. The van der Waals surface area contributed by atoms with E-state index in [9.17, 15) is 0 Å². The molecule has 0 unspecified atom stereocenters. The van der Waals surface area contributed by atoms with Gasteiger partial charge in [-0.15, -0.1) is 11.3 Å². The Bertz CT molecular complexity index is 566. The SMILES string of the molecule is CN(Cc1csc(Br)c1)c1ccccc1C(N)=S. The molecular formula is C13H13BrN2S2. The number of thiocarbonyl (C=S) groups is 1. The van der Waals surface area contributed by atoms with Gasteiger partial charge < -0.3 is 10.6 Å². The minimum Gasteiger partial charge on any atom is -0.389 e. The van der Waals surface area contributed by atoms with Gasteiger partial charge in [0.2, 0.25) is 0 Å². The van der Waals surface area contributed by atoms with Crippen LogP contribution in [-0.2, 0) is 6.54 Å². The standard InChI is InChI=1S/C13H13BrN2S2/c1-16(7-9-6-12(14)18-8-9)11-5-3-2-4-10(11)13(15)17/h2-6,8H,7H2,1H3,(H2,15,17). The molecule has 5 heteroatoms. The van der Waals surface area contributed by atoms with E-state index in [0.717, 1.165) is 21.6 Å². The van der Waals surface area contributed by atoms with Gasteiger partial charge in [-0.05, 0) is 45.1 Å². The van der Waals surface area contributed by atoms with E-state index in [1.807, 2.05) is 31.3 Å². The molecule has 2 rings (SSSR count). The van der Waals surface area contributed by atoms with Gasteiger partial charge in [-0.25, -0.2) is 0 Å². The molecular weight excluding hydrogens is 328 g/mol. The van der Waals surface area contributed by atoms with Crippen molar-refractivity contribution < 1.29 is 0 Å². The number of anilines is 1. The van der Waals surface area contributed by atoms with E-state index >= 15 is 0 Å². The Labute approximate surface area is 125 Å². The number of rotatable bonds is 4. The van der Waals surface area contributed by atoms with E-state index in [-0.39, 0.29) is 0 Å². The molecule has 94 valence electrons. The second-order valence-electron chi connectivity index (χ2n) is 4.00. The van der Waals surface area contributed by atoms with Crippen molar-refractivity contribution in [3.63, 3.8) is 0 Å². The third-order valence-electron chi connectivity index (χ3n) is 2.62. The van der Waals surface area contributed by atoms with Crippen LogP contribution in [0.5, 0.6) is 0 Å². The molecule has 0 spiro atoms. The van der Waals surface area contributed by atoms with Crippen LogP contribution in [0.4, 0.5) is 5.69 Å². The minimum absolute atomic E-state index is 0.434. The summed E-state index contributed by atoms with van der Waals surface area (Å²) in [6.07, 6.45) is 0. The highest BCUT2D eigenvalue weighted by Gasteiger charge is 2.09. The van der Waals surface area contributed by atoms with Crippen LogP contribution < -0.4 is 10.6 Å².